The standard InChI is InChI=1S/C22H26N4OS/c1-4-25-21(13-17-8-6-5-7-9-17)23-24-22(25)28-14-20(27)19-12-15(2)26(16(19)3)18-10-11-18/h5-9,12,18H,4,10-11,13-14H2,1-3H3. The Bertz CT molecular complexity index is 986. The fourth-order valence-electron chi connectivity index (χ4n) is 3.81. The minimum Gasteiger partial charge on any atom is -0.345 e. The fraction of sp³-hybridized carbons (Fsp3) is 0.409. The maximum Gasteiger partial charge on any atom is 0.191 e. The topological polar surface area (TPSA) is 52.7 Å². The van der Waals surface area contributed by atoms with Crippen LogP contribution in [0.1, 0.15) is 58.9 Å². The Labute approximate surface area is 170 Å². The summed E-state index contributed by atoms with van der Waals surface area (Å²) >= 11 is 1.48. The predicted octanol–water partition coefficient (Wildman–Crippen LogP) is 4.62. The van der Waals surface area contributed by atoms with Gasteiger partial charge in [0, 0.05) is 36.0 Å². The van der Waals surface area contributed by atoms with Crippen LogP contribution in [0.3, 0.4) is 0 Å². The number of benzene rings is 1. The summed E-state index contributed by atoms with van der Waals surface area (Å²) < 4.78 is 4.43. The molecule has 1 aromatic carbocycles. The van der Waals surface area contributed by atoms with Gasteiger partial charge in [-0.2, -0.15) is 0 Å². The first kappa shape index (κ1) is 19.0. The van der Waals surface area contributed by atoms with E-state index in [1.54, 1.807) is 0 Å². The lowest BCUT2D eigenvalue weighted by atomic mass is 10.1. The molecule has 0 saturated heterocycles. The van der Waals surface area contributed by atoms with E-state index in [1.165, 1.54) is 35.9 Å². The molecule has 3 aromatic rings. The van der Waals surface area contributed by atoms with Crippen molar-refractivity contribution in [2.24, 2.45) is 0 Å². The number of carbonyl (C=O) groups excluding carboxylic acids is 1. The van der Waals surface area contributed by atoms with Crippen LogP contribution in [0.2, 0.25) is 0 Å². The maximum absolute atomic E-state index is 12.9. The van der Waals surface area contributed by atoms with Crippen molar-refractivity contribution in [2.45, 2.75) is 57.8 Å². The van der Waals surface area contributed by atoms with Gasteiger partial charge >= 0.3 is 0 Å². The van der Waals surface area contributed by atoms with Crippen molar-refractivity contribution in [3.63, 3.8) is 0 Å². The SMILES string of the molecule is CCn1c(Cc2ccccc2)nnc1SCC(=O)c1cc(C)n(C2CC2)c1C. The summed E-state index contributed by atoms with van der Waals surface area (Å²) in [5.41, 5.74) is 4.36. The molecule has 2 aromatic heterocycles. The van der Waals surface area contributed by atoms with E-state index in [9.17, 15) is 4.79 Å². The quantitative estimate of drug-likeness (QED) is 0.413. The summed E-state index contributed by atoms with van der Waals surface area (Å²) in [7, 11) is 0. The van der Waals surface area contributed by atoms with Gasteiger partial charge in [0.05, 0.1) is 5.75 Å². The van der Waals surface area contributed by atoms with E-state index in [0.717, 1.165) is 35.2 Å². The molecule has 1 aliphatic rings. The third kappa shape index (κ3) is 3.78. The first-order chi connectivity index (χ1) is 13.6. The van der Waals surface area contributed by atoms with E-state index in [0.29, 0.717) is 11.8 Å². The Balaban J connectivity index is 1.46. The second-order valence-corrected chi connectivity index (χ2v) is 8.35. The highest BCUT2D eigenvalue weighted by Gasteiger charge is 2.28. The number of rotatable bonds is 8. The third-order valence-electron chi connectivity index (χ3n) is 5.34. The predicted molar refractivity (Wildman–Crippen MR) is 112 cm³/mol. The van der Waals surface area contributed by atoms with Crippen molar-refractivity contribution >= 4 is 17.5 Å². The van der Waals surface area contributed by atoms with Crippen molar-refractivity contribution in [1.82, 2.24) is 19.3 Å². The minimum absolute atomic E-state index is 0.167. The molecule has 0 atom stereocenters. The minimum atomic E-state index is 0.167. The summed E-state index contributed by atoms with van der Waals surface area (Å²) in [6.45, 7) is 7.05. The van der Waals surface area contributed by atoms with Crippen LogP contribution < -0.4 is 0 Å². The molecule has 1 aliphatic carbocycles. The second kappa shape index (κ2) is 7.95. The summed E-state index contributed by atoms with van der Waals surface area (Å²) in [6.07, 6.45) is 3.20. The lowest BCUT2D eigenvalue weighted by Gasteiger charge is -2.08. The summed E-state index contributed by atoms with van der Waals surface area (Å²) in [4.78, 5) is 12.9. The Hall–Kier alpha value is -2.34. The molecular weight excluding hydrogens is 368 g/mol. The lowest BCUT2D eigenvalue weighted by molar-refractivity contribution is 0.102. The molecule has 0 bridgehead atoms. The highest BCUT2D eigenvalue weighted by Crippen LogP contribution is 2.38. The average Bonchev–Trinajstić information content (AvgIpc) is 3.38. The molecule has 2 heterocycles. The zero-order chi connectivity index (χ0) is 19.7. The van der Waals surface area contributed by atoms with E-state index >= 15 is 0 Å². The van der Waals surface area contributed by atoms with Crippen LogP contribution in [0.15, 0.2) is 41.6 Å². The summed E-state index contributed by atoms with van der Waals surface area (Å²) in [5, 5.41) is 9.54. The van der Waals surface area contributed by atoms with Gasteiger partial charge in [0.1, 0.15) is 5.82 Å². The molecule has 0 N–H and O–H groups in total. The maximum atomic E-state index is 12.9. The molecule has 0 spiro atoms. The number of aromatic nitrogens is 4. The zero-order valence-electron chi connectivity index (χ0n) is 16.7. The van der Waals surface area contributed by atoms with Gasteiger partial charge in [-0.1, -0.05) is 42.1 Å². The molecule has 146 valence electrons. The molecule has 0 unspecified atom stereocenters. The van der Waals surface area contributed by atoms with E-state index in [4.69, 9.17) is 0 Å². The molecular formula is C22H26N4OS. The van der Waals surface area contributed by atoms with Gasteiger partial charge in [0.15, 0.2) is 10.9 Å². The molecule has 4 rings (SSSR count). The summed E-state index contributed by atoms with van der Waals surface area (Å²) in [6, 6.07) is 12.9. The molecule has 1 saturated carbocycles. The van der Waals surface area contributed by atoms with E-state index in [2.05, 4.69) is 52.2 Å². The molecule has 0 aliphatic heterocycles. The third-order valence-corrected chi connectivity index (χ3v) is 6.31. The lowest BCUT2D eigenvalue weighted by Crippen LogP contribution is -2.08. The van der Waals surface area contributed by atoms with Gasteiger partial charge in [-0.3, -0.25) is 4.79 Å². The van der Waals surface area contributed by atoms with Gasteiger partial charge in [-0.15, -0.1) is 10.2 Å². The number of nitrogens with zero attached hydrogens (tertiary/aromatic N) is 4. The number of Topliss-reactive ketones (excluding diaryl/α,β-unsaturated/α-hetero) is 1. The number of hydrogen-bond donors (Lipinski definition) is 0. The number of hydrogen-bond acceptors (Lipinski definition) is 4. The van der Waals surface area contributed by atoms with Crippen molar-refractivity contribution in [3.05, 3.63) is 64.7 Å². The Morgan fingerprint density at radius 1 is 1.18 bits per heavy atom. The van der Waals surface area contributed by atoms with Crippen LogP contribution in [0.4, 0.5) is 0 Å². The van der Waals surface area contributed by atoms with Gasteiger partial charge in [0.2, 0.25) is 0 Å². The van der Waals surface area contributed by atoms with Crippen LogP contribution in [0.5, 0.6) is 0 Å². The van der Waals surface area contributed by atoms with E-state index in [-0.39, 0.29) is 5.78 Å². The molecule has 6 heteroatoms. The van der Waals surface area contributed by atoms with E-state index in [1.807, 2.05) is 24.3 Å². The van der Waals surface area contributed by atoms with Crippen LogP contribution in [-0.4, -0.2) is 30.9 Å². The largest absolute Gasteiger partial charge is 0.345 e. The Morgan fingerprint density at radius 2 is 1.93 bits per heavy atom. The van der Waals surface area contributed by atoms with Crippen LogP contribution in [0.25, 0.3) is 0 Å². The second-order valence-electron chi connectivity index (χ2n) is 7.40. The van der Waals surface area contributed by atoms with Gasteiger partial charge < -0.3 is 9.13 Å². The van der Waals surface area contributed by atoms with Gasteiger partial charge in [0.25, 0.3) is 0 Å². The van der Waals surface area contributed by atoms with Gasteiger partial charge in [-0.05, 0) is 45.2 Å². The number of thioether (sulfide) groups is 1. The smallest absolute Gasteiger partial charge is 0.191 e. The number of aryl methyl sites for hydroxylation is 1. The first-order valence-corrected chi connectivity index (χ1v) is 10.9. The van der Waals surface area contributed by atoms with Gasteiger partial charge in [-0.25, -0.2) is 0 Å². The first-order valence-electron chi connectivity index (χ1n) is 9.89. The summed E-state index contributed by atoms with van der Waals surface area (Å²) in [5.74, 6) is 1.49. The normalized spacial score (nSPS) is 13.8. The van der Waals surface area contributed by atoms with E-state index < -0.39 is 0 Å². The van der Waals surface area contributed by atoms with Crippen molar-refractivity contribution in [1.29, 1.82) is 0 Å². The molecule has 28 heavy (non-hydrogen) atoms. The molecule has 0 amide bonds. The van der Waals surface area contributed by atoms with Crippen LogP contribution in [-0.2, 0) is 13.0 Å². The fourth-order valence-corrected chi connectivity index (χ4v) is 4.72. The van der Waals surface area contributed by atoms with Crippen molar-refractivity contribution in [2.75, 3.05) is 5.75 Å². The highest BCUT2D eigenvalue weighted by atomic mass is 32.2. The van der Waals surface area contributed by atoms with Crippen molar-refractivity contribution < 1.29 is 4.79 Å². The average molecular weight is 395 g/mol. The number of carbonyl (C=O) groups is 1. The van der Waals surface area contributed by atoms with Crippen LogP contribution >= 0.6 is 11.8 Å². The monoisotopic (exact) mass is 394 g/mol. The van der Waals surface area contributed by atoms with Crippen LogP contribution in [0, 0.1) is 13.8 Å². The van der Waals surface area contributed by atoms with Crippen molar-refractivity contribution in [3.8, 4) is 0 Å². The molecule has 5 nitrogen and oxygen atoms in total. The molecule has 1 fully saturated rings. The molecule has 0 radical (unpaired) electrons. The zero-order valence-corrected chi connectivity index (χ0v) is 17.5. The Kier molecular flexibility index (Phi) is 5.40. The number of ketones is 1. The highest BCUT2D eigenvalue weighted by molar-refractivity contribution is 7.99. The Morgan fingerprint density at radius 3 is 2.61 bits per heavy atom.